The molecule has 0 saturated carbocycles. The summed E-state index contributed by atoms with van der Waals surface area (Å²) in [7, 11) is -9.91. The van der Waals surface area contributed by atoms with Gasteiger partial charge in [-0.2, -0.15) is 0 Å². The van der Waals surface area contributed by atoms with E-state index >= 15 is 0 Å². The molecule has 0 fully saturated rings. The maximum absolute atomic E-state index is 13.1. The zero-order chi connectivity index (χ0) is 70.4. The van der Waals surface area contributed by atoms with Crippen molar-refractivity contribution in [3.8, 4) is 0 Å². The third-order valence-electron chi connectivity index (χ3n) is 18.1. The van der Waals surface area contributed by atoms with E-state index in [2.05, 4.69) is 27.7 Å². The molecule has 17 nitrogen and oxygen atoms in total. The topological polar surface area (TPSA) is 237 Å². The van der Waals surface area contributed by atoms with Gasteiger partial charge in [-0.05, 0) is 25.7 Å². The van der Waals surface area contributed by atoms with Crippen molar-refractivity contribution < 1.29 is 80.2 Å². The molecule has 0 saturated heterocycles. The lowest BCUT2D eigenvalue weighted by atomic mass is 10.0. The van der Waals surface area contributed by atoms with E-state index in [1.165, 1.54) is 244 Å². The molecule has 0 heterocycles. The normalized spacial score (nSPS) is 13.9. The number of rotatable bonds is 78. The molecule has 0 radical (unpaired) electrons. The maximum Gasteiger partial charge on any atom is 0.472 e. The van der Waals surface area contributed by atoms with Crippen LogP contribution in [-0.4, -0.2) is 96.7 Å². The van der Waals surface area contributed by atoms with E-state index in [4.69, 9.17) is 37.0 Å². The molecule has 3 N–H and O–H groups in total. The fraction of sp³-hybridized carbons (Fsp3) is 0.948. The number of hydrogen-bond acceptors (Lipinski definition) is 15. The molecular weight excluding hydrogens is 1260 g/mol. The Bertz CT molecular complexity index is 1830. The second-order valence-corrected chi connectivity index (χ2v) is 30.7. The third kappa shape index (κ3) is 70.5. The van der Waals surface area contributed by atoms with Crippen LogP contribution in [-0.2, 0) is 65.4 Å². The number of aliphatic hydroxyl groups is 1. The average Bonchev–Trinajstić information content (AvgIpc) is 2.13. The van der Waals surface area contributed by atoms with Crippen LogP contribution in [0.25, 0.3) is 0 Å². The Kier molecular flexibility index (Phi) is 70.0. The molecule has 0 aliphatic rings. The maximum atomic E-state index is 13.1. The minimum Gasteiger partial charge on any atom is -0.462 e. The Morgan fingerprint density at radius 3 is 0.615 bits per heavy atom. The fourth-order valence-electron chi connectivity index (χ4n) is 11.9. The molecular formula is C77H150O17P2. The van der Waals surface area contributed by atoms with Crippen molar-refractivity contribution in [2.24, 2.45) is 0 Å². The first-order valence-corrected chi connectivity index (χ1v) is 43.3. The van der Waals surface area contributed by atoms with E-state index in [1.807, 2.05) is 0 Å². The molecule has 0 aliphatic heterocycles. The zero-order valence-corrected chi connectivity index (χ0v) is 64.1. The van der Waals surface area contributed by atoms with Crippen LogP contribution in [0.5, 0.6) is 0 Å². The molecule has 570 valence electrons. The molecule has 19 heteroatoms. The predicted octanol–water partition coefficient (Wildman–Crippen LogP) is 23.0. The number of unbranched alkanes of at least 4 members (excludes halogenated alkanes) is 52. The minimum absolute atomic E-state index is 0.108. The number of carbonyl (C=O) groups excluding carboxylic acids is 4. The molecule has 96 heavy (non-hydrogen) atoms. The molecule has 0 bridgehead atoms. The van der Waals surface area contributed by atoms with Gasteiger partial charge < -0.3 is 33.8 Å². The number of carbonyl (C=O) groups is 4. The van der Waals surface area contributed by atoms with E-state index in [-0.39, 0.29) is 25.7 Å². The Morgan fingerprint density at radius 1 is 0.250 bits per heavy atom. The zero-order valence-electron chi connectivity index (χ0n) is 62.4. The Morgan fingerprint density at radius 2 is 0.417 bits per heavy atom. The van der Waals surface area contributed by atoms with Crippen molar-refractivity contribution in [1.82, 2.24) is 0 Å². The third-order valence-corrected chi connectivity index (χ3v) is 20.0. The molecule has 0 aromatic rings. The lowest BCUT2D eigenvalue weighted by Gasteiger charge is -2.21. The minimum atomic E-state index is -4.96. The van der Waals surface area contributed by atoms with Crippen molar-refractivity contribution in [2.75, 3.05) is 39.6 Å². The van der Waals surface area contributed by atoms with Crippen LogP contribution in [0.1, 0.15) is 413 Å². The smallest absolute Gasteiger partial charge is 0.462 e. The van der Waals surface area contributed by atoms with Crippen molar-refractivity contribution in [3.63, 3.8) is 0 Å². The summed E-state index contributed by atoms with van der Waals surface area (Å²) < 4.78 is 68.6. The molecule has 5 atom stereocenters. The quantitative estimate of drug-likeness (QED) is 0.0222. The molecule has 0 aliphatic carbocycles. The van der Waals surface area contributed by atoms with Gasteiger partial charge in [-0.15, -0.1) is 0 Å². The van der Waals surface area contributed by atoms with Crippen molar-refractivity contribution >= 4 is 39.5 Å². The Hall–Kier alpha value is -1.94. The highest BCUT2D eigenvalue weighted by atomic mass is 31.2. The largest absolute Gasteiger partial charge is 0.472 e. The summed E-state index contributed by atoms with van der Waals surface area (Å²) in [5, 5.41) is 10.6. The average molecular weight is 1410 g/mol. The van der Waals surface area contributed by atoms with Crippen LogP contribution in [0.15, 0.2) is 0 Å². The summed E-state index contributed by atoms with van der Waals surface area (Å²) in [6, 6.07) is 0. The molecule has 0 amide bonds. The van der Waals surface area contributed by atoms with E-state index in [9.17, 15) is 43.2 Å². The molecule has 0 aromatic carbocycles. The highest BCUT2D eigenvalue weighted by Gasteiger charge is 2.30. The summed E-state index contributed by atoms with van der Waals surface area (Å²) in [6.45, 7) is 5.00. The number of hydrogen-bond donors (Lipinski definition) is 3. The van der Waals surface area contributed by atoms with Gasteiger partial charge >= 0.3 is 39.5 Å². The standard InChI is InChI=1S/C77H150O17P2/c1-5-9-13-17-21-25-29-32-33-34-35-36-37-40-44-48-52-56-60-64-77(82)94-73(68-88-75(80)62-58-54-50-46-42-38-30-26-22-18-14-10-6-2)70-92-96(85,86)90-66-71(78)65-89-95(83,84)91-69-72(67-87-74(79)61-57-53-49-45-41-28-24-20-16-12-8-4)93-76(81)63-59-55-51-47-43-39-31-27-23-19-15-11-7-3/h71-73,78H,5-70H2,1-4H3,(H,83,84)(H,85,86)/t71-,72+,73+/m0/s1. The number of ether oxygens (including phenoxy) is 4. The van der Waals surface area contributed by atoms with Crippen LogP contribution < -0.4 is 0 Å². The van der Waals surface area contributed by atoms with E-state index in [0.717, 1.165) is 89.9 Å². The van der Waals surface area contributed by atoms with Crippen molar-refractivity contribution in [2.45, 2.75) is 431 Å². The highest BCUT2D eigenvalue weighted by Crippen LogP contribution is 2.45. The van der Waals surface area contributed by atoms with E-state index in [0.29, 0.717) is 25.7 Å². The van der Waals surface area contributed by atoms with Gasteiger partial charge in [0.15, 0.2) is 12.2 Å². The van der Waals surface area contributed by atoms with Gasteiger partial charge in [0.2, 0.25) is 0 Å². The van der Waals surface area contributed by atoms with Gasteiger partial charge in [0.05, 0.1) is 26.4 Å². The first-order valence-electron chi connectivity index (χ1n) is 40.3. The van der Waals surface area contributed by atoms with Crippen LogP contribution >= 0.6 is 15.6 Å². The first kappa shape index (κ1) is 94.1. The Balaban J connectivity index is 5.23. The predicted molar refractivity (Wildman–Crippen MR) is 391 cm³/mol. The summed E-state index contributed by atoms with van der Waals surface area (Å²) >= 11 is 0. The number of esters is 4. The van der Waals surface area contributed by atoms with Crippen LogP contribution in [0.3, 0.4) is 0 Å². The SMILES string of the molecule is CCCCCCCCCCCCCCCCCCCCCC(=O)O[C@H](COC(=O)CCCCCCCCCCCCCCC)COP(=O)(O)OC[C@@H](O)COP(=O)(O)OC[C@@H](COC(=O)CCCCCCCCCCCCC)OC(=O)CCCCCCCCCCCCCCC. The van der Waals surface area contributed by atoms with Crippen LogP contribution in [0.2, 0.25) is 0 Å². The summed E-state index contributed by atoms with van der Waals surface area (Å²) in [5.41, 5.74) is 0. The fourth-order valence-corrected chi connectivity index (χ4v) is 13.5. The van der Waals surface area contributed by atoms with Crippen LogP contribution in [0.4, 0.5) is 0 Å². The van der Waals surface area contributed by atoms with Crippen LogP contribution in [0, 0.1) is 0 Å². The van der Waals surface area contributed by atoms with Gasteiger partial charge in [-0.25, -0.2) is 9.13 Å². The second-order valence-electron chi connectivity index (χ2n) is 27.7. The number of phosphoric ester groups is 2. The van der Waals surface area contributed by atoms with E-state index < -0.39 is 97.5 Å². The van der Waals surface area contributed by atoms with Gasteiger partial charge in [0, 0.05) is 25.7 Å². The van der Waals surface area contributed by atoms with E-state index in [1.54, 1.807) is 0 Å². The first-order chi connectivity index (χ1) is 46.7. The summed E-state index contributed by atoms with van der Waals surface area (Å²) in [6.07, 6.45) is 62.2. The molecule has 0 spiro atoms. The van der Waals surface area contributed by atoms with Gasteiger partial charge in [0.25, 0.3) is 0 Å². The second kappa shape index (κ2) is 71.5. The van der Waals surface area contributed by atoms with Crippen molar-refractivity contribution in [3.05, 3.63) is 0 Å². The number of phosphoric acid groups is 2. The highest BCUT2D eigenvalue weighted by molar-refractivity contribution is 7.47. The van der Waals surface area contributed by atoms with Gasteiger partial charge in [0.1, 0.15) is 19.3 Å². The lowest BCUT2D eigenvalue weighted by Crippen LogP contribution is -2.30. The molecule has 0 aromatic heterocycles. The lowest BCUT2D eigenvalue weighted by molar-refractivity contribution is -0.161. The Labute approximate surface area is 588 Å². The molecule has 0 rings (SSSR count). The summed E-state index contributed by atoms with van der Waals surface area (Å²) in [4.78, 5) is 72.8. The number of aliphatic hydroxyl groups excluding tert-OH is 1. The van der Waals surface area contributed by atoms with Crippen molar-refractivity contribution in [1.29, 1.82) is 0 Å². The monoisotopic (exact) mass is 1410 g/mol. The summed E-state index contributed by atoms with van der Waals surface area (Å²) in [5.74, 6) is -2.11. The van der Waals surface area contributed by atoms with Gasteiger partial charge in [-0.1, -0.05) is 362 Å². The molecule has 2 unspecified atom stereocenters. The van der Waals surface area contributed by atoms with Gasteiger partial charge in [-0.3, -0.25) is 37.3 Å².